The van der Waals surface area contributed by atoms with E-state index in [1.165, 1.54) is 0 Å². The van der Waals surface area contributed by atoms with Crippen molar-refractivity contribution in [1.29, 1.82) is 5.26 Å². The molecule has 0 saturated carbocycles. The second-order valence-corrected chi connectivity index (χ2v) is 4.04. The van der Waals surface area contributed by atoms with Crippen LogP contribution in [0.3, 0.4) is 0 Å². The van der Waals surface area contributed by atoms with E-state index in [2.05, 4.69) is 11.4 Å². The Morgan fingerprint density at radius 3 is 2.41 bits per heavy atom. The maximum Gasteiger partial charge on any atom is 0.0669 e. The number of benzene rings is 2. The highest BCUT2D eigenvalue weighted by Crippen LogP contribution is 2.24. The molecule has 17 heavy (non-hydrogen) atoms. The van der Waals surface area contributed by atoms with Gasteiger partial charge in [-0.05, 0) is 29.8 Å². The summed E-state index contributed by atoms with van der Waals surface area (Å²) < 4.78 is 0. The van der Waals surface area contributed by atoms with Crippen molar-refractivity contribution in [2.24, 2.45) is 0 Å². The van der Waals surface area contributed by atoms with Gasteiger partial charge >= 0.3 is 0 Å². The first kappa shape index (κ1) is 11.5. The number of halogens is 1. The molecule has 0 fully saturated rings. The van der Waals surface area contributed by atoms with Gasteiger partial charge in [-0.1, -0.05) is 35.9 Å². The van der Waals surface area contributed by atoms with Crippen molar-refractivity contribution in [3.63, 3.8) is 0 Å². The number of hydrogen-bond donors (Lipinski definition) is 1. The fraction of sp³-hybridized carbons (Fsp3) is 0.0714. The number of nitrogens with zero attached hydrogens (tertiary/aromatic N) is 1. The molecule has 0 aliphatic carbocycles. The number of rotatable bonds is 3. The SMILES string of the molecule is N#CCc1ccc(Nc2ccccc2Cl)cc1. The molecule has 0 heterocycles. The highest BCUT2D eigenvalue weighted by Gasteiger charge is 1.99. The summed E-state index contributed by atoms with van der Waals surface area (Å²) in [4.78, 5) is 0. The third-order valence-electron chi connectivity index (χ3n) is 2.39. The van der Waals surface area contributed by atoms with Crippen molar-refractivity contribution in [3.05, 3.63) is 59.1 Å². The van der Waals surface area contributed by atoms with Gasteiger partial charge in [0.15, 0.2) is 0 Å². The van der Waals surface area contributed by atoms with Gasteiger partial charge in [0.2, 0.25) is 0 Å². The van der Waals surface area contributed by atoms with Crippen LogP contribution in [0.5, 0.6) is 0 Å². The van der Waals surface area contributed by atoms with Crippen LogP contribution < -0.4 is 5.32 Å². The molecule has 0 spiro atoms. The Morgan fingerprint density at radius 2 is 1.76 bits per heavy atom. The molecular formula is C14H11ClN2. The first-order valence-electron chi connectivity index (χ1n) is 5.27. The molecule has 84 valence electrons. The molecule has 2 nitrogen and oxygen atoms in total. The summed E-state index contributed by atoms with van der Waals surface area (Å²) in [5, 5.41) is 12.5. The number of para-hydroxylation sites is 1. The Morgan fingerprint density at radius 1 is 1.06 bits per heavy atom. The predicted molar refractivity (Wildman–Crippen MR) is 70.5 cm³/mol. The lowest BCUT2D eigenvalue weighted by atomic mass is 10.1. The minimum Gasteiger partial charge on any atom is -0.354 e. The first-order chi connectivity index (χ1) is 8.29. The summed E-state index contributed by atoms with van der Waals surface area (Å²) in [6, 6.07) is 17.5. The Kier molecular flexibility index (Phi) is 3.64. The zero-order chi connectivity index (χ0) is 12.1. The summed E-state index contributed by atoms with van der Waals surface area (Å²) in [6.07, 6.45) is 0.437. The second kappa shape index (κ2) is 5.38. The van der Waals surface area contributed by atoms with Crippen LogP contribution in [0, 0.1) is 11.3 Å². The average molecular weight is 243 g/mol. The summed E-state index contributed by atoms with van der Waals surface area (Å²) >= 11 is 6.05. The quantitative estimate of drug-likeness (QED) is 0.878. The first-order valence-corrected chi connectivity index (χ1v) is 5.65. The van der Waals surface area contributed by atoms with Crippen LogP contribution in [0.4, 0.5) is 11.4 Å². The average Bonchev–Trinajstić information content (AvgIpc) is 2.35. The van der Waals surface area contributed by atoms with Gasteiger partial charge in [-0.25, -0.2) is 0 Å². The lowest BCUT2D eigenvalue weighted by Crippen LogP contribution is -1.91. The maximum absolute atomic E-state index is 8.58. The molecule has 0 amide bonds. The number of anilines is 2. The molecule has 1 N–H and O–H groups in total. The molecule has 0 atom stereocenters. The topological polar surface area (TPSA) is 35.8 Å². The molecule has 2 aromatic carbocycles. The standard InChI is InChI=1S/C14H11ClN2/c15-13-3-1-2-4-14(13)17-12-7-5-11(6-8-12)9-10-16/h1-8,17H,9H2. The minimum absolute atomic E-state index is 0.437. The van der Waals surface area contributed by atoms with E-state index in [9.17, 15) is 0 Å². The predicted octanol–water partition coefficient (Wildman–Crippen LogP) is 4.15. The van der Waals surface area contributed by atoms with Crippen LogP contribution >= 0.6 is 11.6 Å². The monoisotopic (exact) mass is 242 g/mol. The van der Waals surface area contributed by atoms with Crippen molar-refractivity contribution < 1.29 is 0 Å². The van der Waals surface area contributed by atoms with Gasteiger partial charge < -0.3 is 5.32 Å². The molecule has 0 aliphatic heterocycles. The van der Waals surface area contributed by atoms with Crippen molar-refractivity contribution in [2.75, 3.05) is 5.32 Å². The van der Waals surface area contributed by atoms with Gasteiger partial charge in [-0.15, -0.1) is 0 Å². The zero-order valence-corrected chi connectivity index (χ0v) is 9.91. The maximum atomic E-state index is 8.58. The third-order valence-corrected chi connectivity index (χ3v) is 2.72. The van der Waals surface area contributed by atoms with E-state index in [4.69, 9.17) is 16.9 Å². The van der Waals surface area contributed by atoms with E-state index >= 15 is 0 Å². The van der Waals surface area contributed by atoms with Gasteiger partial charge in [0.1, 0.15) is 0 Å². The van der Waals surface area contributed by atoms with E-state index in [1.54, 1.807) is 0 Å². The summed E-state index contributed by atoms with van der Waals surface area (Å²) in [5.41, 5.74) is 2.85. The number of nitrogens with one attached hydrogen (secondary N) is 1. The van der Waals surface area contributed by atoms with E-state index in [0.29, 0.717) is 11.4 Å². The van der Waals surface area contributed by atoms with Crippen LogP contribution in [0.15, 0.2) is 48.5 Å². The van der Waals surface area contributed by atoms with E-state index < -0.39 is 0 Å². The molecule has 2 rings (SSSR count). The summed E-state index contributed by atoms with van der Waals surface area (Å²) in [6.45, 7) is 0. The molecule has 0 aliphatic rings. The third kappa shape index (κ3) is 2.99. The highest BCUT2D eigenvalue weighted by molar-refractivity contribution is 6.33. The largest absolute Gasteiger partial charge is 0.354 e. The molecular weight excluding hydrogens is 232 g/mol. The smallest absolute Gasteiger partial charge is 0.0669 e. The lowest BCUT2D eigenvalue weighted by Gasteiger charge is -2.08. The fourth-order valence-electron chi connectivity index (χ4n) is 1.52. The number of nitriles is 1. The Labute approximate surface area is 105 Å². The second-order valence-electron chi connectivity index (χ2n) is 3.64. The highest BCUT2D eigenvalue weighted by atomic mass is 35.5. The van der Waals surface area contributed by atoms with Crippen molar-refractivity contribution >= 4 is 23.0 Å². The van der Waals surface area contributed by atoms with E-state index in [0.717, 1.165) is 16.9 Å². The van der Waals surface area contributed by atoms with Crippen LogP contribution in [-0.2, 0) is 6.42 Å². The van der Waals surface area contributed by atoms with Crippen molar-refractivity contribution in [1.82, 2.24) is 0 Å². The van der Waals surface area contributed by atoms with Gasteiger partial charge in [0, 0.05) is 5.69 Å². The van der Waals surface area contributed by atoms with Gasteiger partial charge in [0.05, 0.1) is 23.2 Å². The van der Waals surface area contributed by atoms with Gasteiger partial charge in [-0.2, -0.15) is 5.26 Å². The molecule has 3 heteroatoms. The molecule has 0 saturated heterocycles. The summed E-state index contributed by atoms with van der Waals surface area (Å²) in [7, 11) is 0. The lowest BCUT2D eigenvalue weighted by molar-refractivity contribution is 1.26. The number of hydrogen-bond acceptors (Lipinski definition) is 2. The van der Waals surface area contributed by atoms with Crippen LogP contribution in [0.25, 0.3) is 0 Å². The van der Waals surface area contributed by atoms with Crippen LogP contribution in [-0.4, -0.2) is 0 Å². The summed E-state index contributed by atoms with van der Waals surface area (Å²) in [5.74, 6) is 0. The van der Waals surface area contributed by atoms with E-state index in [1.807, 2.05) is 48.5 Å². The normalized spacial score (nSPS) is 9.65. The Bertz CT molecular complexity index is 541. The van der Waals surface area contributed by atoms with Crippen molar-refractivity contribution in [2.45, 2.75) is 6.42 Å². The molecule has 0 radical (unpaired) electrons. The molecule has 0 unspecified atom stereocenters. The molecule has 0 aromatic heterocycles. The van der Waals surface area contributed by atoms with Gasteiger partial charge in [0.25, 0.3) is 0 Å². The van der Waals surface area contributed by atoms with Crippen LogP contribution in [0.1, 0.15) is 5.56 Å². The Balaban J connectivity index is 2.15. The minimum atomic E-state index is 0.437. The van der Waals surface area contributed by atoms with E-state index in [-0.39, 0.29) is 0 Å². The molecule has 2 aromatic rings. The zero-order valence-electron chi connectivity index (χ0n) is 9.15. The van der Waals surface area contributed by atoms with Gasteiger partial charge in [-0.3, -0.25) is 0 Å². The Hall–Kier alpha value is -1.98. The van der Waals surface area contributed by atoms with Crippen molar-refractivity contribution in [3.8, 4) is 6.07 Å². The fourth-order valence-corrected chi connectivity index (χ4v) is 1.70. The van der Waals surface area contributed by atoms with Crippen LogP contribution in [0.2, 0.25) is 5.02 Å². The molecule has 0 bridgehead atoms.